The van der Waals surface area contributed by atoms with Gasteiger partial charge in [-0.1, -0.05) is 42.8 Å². The van der Waals surface area contributed by atoms with Gasteiger partial charge in [0.15, 0.2) is 0 Å². The van der Waals surface area contributed by atoms with Gasteiger partial charge in [-0.15, -0.1) is 0 Å². The van der Waals surface area contributed by atoms with Crippen molar-refractivity contribution in [1.82, 2.24) is 10.2 Å². The molecule has 0 fully saturated rings. The Kier molecular flexibility index (Phi) is 6.71. The maximum absolute atomic E-state index is 12.4. The first kappa shape index (κ1) is 19.9. The van der Waals surface area contributed by atoms with Gasteiger partial charge in [0.25, 0.3) is 11.6 Å². The van der Waals surface area contributed by atoms with Crippen molar-refractivity contribution in [1.29, 1.82) is 0 Å². The number of benzene rings is 2. The molecule has 138 valence electrons. The summed E-state index contributed by atoms with van der Waals surface area (Å²) in [6.07, 6.45) is 0.971. The summed E-state index contributed by atoms with van der Waals surface area (Å²) >= 11 is 5.79. The van der Waals surface area contributed by atoms with Gasteiger partial charge in [0, 0.05) is 18.2 Å². The number of carbonyl (C=O) groups excluding carboxylic acids is 1. The second kappa shape index (κ2) is 8.78. The number of nitrogens with one attached hydrogen (secondary N) is 1. The van der Waals surface area contributed by atoms with Crippen molar-refractivity contribution in [2.24, 2.45) is 0 Å². The molecule has 6 nitrogen and oxygen atoms in total. The molecule has 0 saturated carbocycles. The van der Waals surface area contributed by atoms with E-state index in [0.29, 0.717) is 6.54 Å². The number of hydrogen-bond acceptors (Lipinski definition) is 4. The first-order chi connectivity index (χ1) is 12.3. The molecule has 0 aliphatic heterocycles. The van der Waals surface area contributed by atoms with Crippen LogP contribution in [0.4, 0.5) is 5.69 Å². The Bertz CT molecular complexity index is 791. The van der Waals surface area contributed by atoms with Crippen LogP contribution in [0.5, 0.6) is 0 Å². The molecular weight excluding hydrogens is 354 g/mol. The molecule has 0 bridgehead atoms. The van der Waals surface area contributed by atoms with Gasteiger partial charge in [0.1, 0.15) is 5.02 Å². The highest BCUT2D eigenvalue weighted by atomic mass is 35.5. The Morgan fingerprint density at radius 3 is 2.42 bits per heavy atom. The van der Waals surface area contributed by atoms with Crippen LogP contribution in [0.3, 0.4) is 0 Å². The summed E-state index contributed by atoms with van der Waals surface area (Å²) in [5.74, 6) is -0.373. The van der Waals surface area contributed by atoms with E-state index in [2.05, 4.69) is 36.5 Å². The van der Waals surface area contributed by atoms with Crippen LogP contribution in [0.1, 0.15) is 34.5 Å². The number of carbonyl (C=O) groups is 1. The van der Waals surface area contributed by atoms with E-state index in [4.69, 9.17) is 11.6 Å². The second-order valence-corrected chi connectivity index (χ2v) is 6.62. The molecule has 2 aromatic rings. The molecule has 0 unspecified atom stereocenters. The van der Waals surface area contributed by atoms with Crippen molar-refractivity contribution in [2.75, 3.05) is 20.6 Å². The molecule has 1 atom stereocenters. The number of halogens is 1. The predicted molar refractivity (Wildman–Crippen MR) is 103 cm³/mol. The van der Waals surface area contributed by atoms with Gasteiger partial charge in [-0.05, 0) is 43.8 Å². The molecule has 0 heterocycles. The van der Waals surface area contributed by atoms with Crippen molar-refractivity contribution < 1.29 is 9.72 Å². The lowest BCUT2D eigenvalue weighted by molar-refractivity contribution is -0.384. The highest BCUT2D eigenvalue weighted by Gasteiger charge is 2.19. The summed E-state index contributed by atoms with van der Waals surface area (Å²) in [5, 5.41) is 13.8. The number of nitrogens with zero attached hydrogens (tertiary/aromatic N) is 2. The Morgan fingerprint density at radius 2 is 1.88 bits per heavy atom. The van der Waals surface area contributed by atoms with E-state index in [-0.39, 0.29) is 28.2 Å². The monoisotopic (exact) mass is 375 g/mol. The predicted octanol–water partition coefficient (Wildman–Crippen LogP) is 3.84. The number of likely N-dealkylation sites (N-methyl/N-ethyl adjacent to an activating group) is 1. The lowest BCUT2D eigenvalue weighted by Crippen LogP contribution is -2.34. The molecule has 0 aliphatic rings. The number of nitro groups is 1. The first-order valence-electron chi connectivity index (χ1n) is 8.31. The molecular formula is C19H22ClN3O3. The number of amides is 1. The topological polar surface area (TPSA) is 75.5 Å². The zero-order valence-corrected chi connectivity index (χ0v) is 15.8. The summed E-state index contributed by atoms with van der Waals surface area (Å²) in [6, 6.07) is 12.3. The summed E-state index contributed by atoms with van der Waals surface area (Å²) < 4.78 is 0. The molecule has 2 aromatic carbocycles. The number of aryl methyl sites for hydroxylation is 1. The third-order valence-corrected chi connectivity index (χ3v) is 4.58. The molecule has 26 heavy (non-hydrogen) atoms. The molecule has 0 spiro atoms. The van der Waals surface area contributed by atoms with Gasteiger partial charge in [-0.3, -0.25) is 14.9 Å². The molecule has 0 saturated heterocycles. The quantitative estimate of drug-likeness (QED) is 0.589. The molecule has 1 amide bonds. The fraction of sp³-hybridized carbons (Fsp3) is 0.316. The van der Waals surface area contributed by atoms with Crippen LogP contribution in [0, 0.1) is 10.1 Å². The maximum atomic E-state index is 12.4. The molecule has 0 aromatic heterocycles. The zero-order chi connectivity index (χ0) is 19.3. The van der Waals surface area contributed by atoms with E-state index in [1.807, 2.05) is 19.0 Å². The standard InChI is InChI=1S/C19H22ClN3O3/c1-4-13-5-7-14(8-6-13)18(22(2)3)12-21-19(24)15-9-10-16(20)17(11-15)23(25)26/h5-11,18H,4,12H2,1-3H3,(H,21,24)/t18-/m0/s1. The largest absolute Gasteiger partial charge is 0.350 e. The smallest absolute Gasteiger partial charge is 0.288 e. The molecule has 2 rings (SSSR count). The van der Waals surface area contributed by atoms with Crippen LogP contribution >= 0.6 is 11.6 Å². The van der Waals surface area contributed by atoms with E-state index < -0.39 is 4.92 Å². The minimum Gasteiger partial charge on any atom is -0.350 e. The fourth-order valence-corrected chi connectivity index (χ4v) is 2.85. The van der Waals surface area contributed by atoms with Gasteiger partial charge in [0.2, 0.25) is 0 Å². The molecule has 0 aliphatic carbocycles. The van der Waals surface area contributed by atoms with E-state index in [1.165, 1.54) is 23.8 Å². The Balaban J connectivity index is 2.12. The summed E-state index contributed by atoms with van der Waals surface area (Å²) in [7, 11) is 3.88. The SMILES string of the molecule is CCc1ccc([C@H](CNC(=O)c2ccc(Cl)c([N+](=O)[O-])c2)N(C)C)cc1. The summed E-state index contributed by atoms with van der Waals surface area (Å²) in [6.45, 7) is 2.48. The zero-order valence-electron chi connectivity index (χ0n) is 15.0. The van der Waals surface area contributed by atoms with Crippen molar-refractivity contribution in [3.63, 3.8) is 0 Å². The van der Waals surface area contributed by atoms with Crippen LogP contribution < -0.4 is 5.32 Å². The lowest BCUT2D eigenvalue weighted by atomic mass is 10.0. The van der Waals surface area contributed by atoms with Crippen LogP contribution in [0.25, 0.3) is 0 Å². The van der Waals surface area contributed by atoms with Crippen molar-refractivity contribution in [3.8, 4) is 0 Å². The van der Waals surface area contributed by atoms with E-state index in [9.17, 15) is 14.9 Å². The summed E-state index contributed by atoms with van der Waals surface area (Å²) in [5.41, 5.74) is 2.27. The third-order valence-electron chi connectivity index (χ3n) is 4.26. The first-order valence-corrected chi connectivity index (χ1v) is 8.68. The number of rotatable bonds is 7. The van der Waals surface area contributed by atoms with Gasteiger partial charge in [-0.25, -0.2) is 0 Å². The van der Waals surface area contributed by atoms with Gasteiger partial charge in [0.05, 0.1) is 11.0 Å². The average molecular weight is 376 g/mol. The number of hydrogen-bond donors (Lipinski definition) is 1. The number of nitro benzene ring substituents is 1. The fourth-order valence-electron chi connectivity index (χ4n) is 2.66. The Morgan fingerprint density at radius 1 is 1.23 bits per heavy atom. The van der Waals surface area contributed by atoms with Gasteiger partial charge >= 0.3 is 0 Å². The normalized spacial score (nSPS) is 12.0. The minimum absolute atomic E-state index is 0.00728. The second-order valence-electron chi connectivity index (χ2n) is 6.21. The molecule has 1 N–H and O–H groups in total. The van der Waals surface area contributed by atoms with Crippen molar-refractivity contribution in [2.45, 2.75) is 19.4 Å². The molecule has 0 radical (unpaired) electrons. The lowest BCUT2D eigenvalue weighted by Gasteiger charge is -2.25. The Labute approximate surface area is 157 Å². The van der Waals surface area contributed by atoms with Crippen LogP contribution in [-0.2, 0) is 6.42 Å². The third kappa shape index (κ3) is 4.80. The van der Waals surface area contributed by atoms with Crippen molar-refractivity contribution >= 4 is 23.2 Å². The maximum Gasteiger partial charge on any atom is 0.288 e. The average Bonchev–Trinajstić information content (AvgIpc) is 2.62. The van der Waals surface area contributed by atoms with E-state index >= 15 is 0 Å². The minimum atomic E-state index is -0.600. The van der Waals surface area contributed by atoms with E-state index in [0.717, 1.165) is 12.0 Å². The highest BCUT2D eigenvalue weighted by Crippen LogP contribution is 2.25. The van der Waals surface area contributed by atoms with Gasteiger partial charge in [-0.2, -0.15) is 0 Å². The van der Waals surface area contributed by atoms with Crippen LogP contribution in [0.2, 0.25) is 5.02 Å². The summed E-state index contributed by atoms with van der Waals surface area (Å²) in [4.78, 5) is 24.8. The Hall–Kier alpha value is -2.44. The van der Waals surface area contributed by atoms with Gasteiger partial charge < -0.3 is 10.2 Å². The van der Waals surface area contributed by atoms with Crippen molar-refractivity contribution in [3.05, 3.63) is 74.3 Å². The molecule has 7 heteroatoms. The highest BCUT2D eigenvalue weighted by molar-refractivity contribution is 6.32. The van der Waals surface area contributed by atoms with Crippen LogP contribution in [0.15, 0.2) is 42.5 Å². The van der Waals surface area contributed by atoms with E-state index in [1.54, 1.807) is 0 Å². The van der Waals surface area contributed by atoms with Crippen LogP contribution in [-0.4, -0.2) is 36.4 Å².